The maximum Gasteiger partial charge on any atom is 0.243 e. The average molecular weight is 553 g/mol. The van der Waals surface area contributed by atoms with Crippen molar-refractivity contribution in [1.29, 1.82) is 0 Å². The number of phenols is 1. The summed E-state index contributed by atoms with van der Waals surface area (Å²) in [6.07, 6.45) is 2.78. The summed E-state index contributed by atoms with van der Waals surface area (Å²) < 4.78 is 6.26. The molecular formula is C31H44N4O5. The van der Waals surface area contributed by atoms with Crippen LogP contribution in [0.25, 0.3) is 0 Å². The molecule has 218 valence electrons. The molecule has 0 saturated heterocycles. The van der Waals surface area contributed by atoms with E-state index in [-0.39, 0.29) is 35.5 Å². The van der Waals surface area contributed by atoms with E-state index in [0.29, 0.717) is 25.9 Å². The number of rotatable bonds is 5. The lowest BCUT2D eigenvalue weighted by Gasteiger charge is -2.28. The predicted molar refractivity (Wildman–Crippen MR) is 155 cm³/mol. The van der Waals surface area contributed by atoms with Gasteiger partial charge in [-0.3, -0.25) is 14.4 Å². The third kappa shape index (κ3) is 9.26. The van der Waals surface area contributed by atoms with E-state index in [1.54, 1.807) is 24.3 Å². The first-order valence-corrected chi connectivity index (χ1v) is 14.3. The summed E-state index contributed by atoms with van der Waals surface area (Å²) in [5.41, 5.74) is 1.90. The third-order valence-corrected chi connectivity index (χ3v) is 7.02. The molecule has 40 heavy (non-hydrogen) atoms. The highest BCUT2D eigenvalue weighted by atomic mass is 16.5. The van der Waals surface area contributed by atoms with Crippen LogP contribution in [0.4, 0.5) is 0 Å². The van der Waals surface area contributed by atoms with Gasteiger partial charge in [0.2, 0.25) is 17.7 Å². The third-order valence-electron chi connectivity index (χ3n) is 7.02. The summed E-state index contributed by atoms with van der Waals surface area (Å²) in [7, 11) is 0. The molecule has 3 amide bonds. The van der Waals surface area contributed by atoms with Crippen molar-refractivity contribution in [2.75, 3.05) is 13.1 Å². The quantitative estimate of drug-likeness (QED) is 0.388. The van der Waals surface area contributed by atoms with E-state index in [0.717, 1.165) is 36.1 Å². The minimum absolute atomic E-state index is 0.147. The molecule has 0 aromatic heterocycles. The number of aryl methyl sites for hydroxylation is 1. The van der Waals surface area contributed by atoms with Crippen LogP contribution >= 0.6 is 0 Å². The number of nitrogens with one attached hydrogen (secondary N) is 4. The smallest absolute Gasteiger partial charge is 0.243 e. The van der Waals surface area contributed by atoms with Crippen molar-refractivity contribution in [3.63, 3.8) is 0 Å². The molecule has 9 heteroatoms. The van der Waals surface area contributed by atoms with E-state index in [9.17, 15) is 19.5 Å². The Morgan fingerprint density at radius 2 is 1.68 bits per heavy atom. The molecule has 0 fully saturated rings. The standard InChI is InChI=1S/C31H44N4O5/c1-5-9-25-29(37)32-17-8-11-23-10-6-7-12-27(23)40-21(4)19-33-26(18-22-13-15-24(36)16-14-22)30(38)35-28(20(2)3)31(39)34-25/h6-7,10,12-16,20-21,25-26,28,33,36H,5,8-9,11,17-19H2,1-4H3,(H,32,37)(H,34,39)(H,35,38)/t21-,25-,26+,28+/m0/s1. The molecule has 0 unspecified atom stereocenters. The summed E-state index contributed by atoms with van der Waals surface area (Å²) in [6.45, 7) is 8.50. The van der Waals surface area contributed by atoms with E-state index >= 15 is 0 Å². The average Bonchev–Trinajstić information content (AvgIpc) is 2.92. The van der Waals surface area contributed by atoms with E-state index in [1.165, 1.54) is 0 Å². The van der Waals surface area contributed by atoms with Crippen molar-refractivity contribution in [3.05, 3.63) is 59.7 Å². The van der Waals surface area contributed by atoms with Crippen LogP contribution in [0.3, 0.4) is 0 Å². The summed E-state index contributed by atoms with van der Waals surface area (Å²) in [5.74, 6) is -0.212. The van der Waals surface area contributed by atoms with Crippen LogP contribution in [0.1, 0.15) is 58.1 Å². The van der Waals surface area contributed by atoms with Crippen molar-refractivity contribution in [1.82, 2.24) is 21.3 Å². The molecule has 1 aliphatic heterocycles. The van der Waals surface area contributed by atoms with Gasteiger partial charge in [-0.25, -0.2) is 0 Å². The second-order valence-corrected chi connectivity index (χ2v) is 10.8. The van der Waals surface area contributed by atoms with Gasteiger partial charge in [-0.15, -0.1) is 0 Å². The molecule has 0 bridgehead atoms. The summed E-state index contributed by atoms with van der Waals surface area (Å²) in [5, 5.41) is 21.8. The molecule has 0 aliphatic carbocycles. The zero-order valence-corrected chi connectivity index (χ0v) is 24.0. The van der Waals surface area contributed by atoms with Crippen molar-refractivity contribution in [2.45, 2.75) is 84.0 Å². The lowest BCUT2D eigenvalue weighted by Crippen LogP contribution is -2.58. The molecule has 0 saturated carbocycles. The number of ether oxygens (including phenoxy) is 1. The van der Waals surface area contributed by atoms with Crippen LogP contribution < -0.4 is 26.0 Å². The van der Waals surface area contributed by atoms with E-state index in [4.69, 9.17) is 4.74 Å². The zero-order chi connectivity index (χ0) is 29.1. The molecular weight excluding hydrogens is 508 g/mol. The molecule has 1 aliphatic rings. The zero-order valence-electron chi connectivity index (χ0n) is 24.0. The fourth-order valence-electron chi connectivity index (χ4n) is 4.74. The highest BCUT2D eigenvalue weighted by molar-refractivity contribution is 5.93. The van der Waals surface area contributed by atoms with Gasteiger partial charge in [-0.1, -0.05) is 57.5 Å². The van der Waals surface area contributed by atoms with E-state index in [2.05, 4.69) is 21.3 Å². The van der Waals surface area contributed by atoms with Crippen LogP contribution in [0.5, 0.6) is 11.5 Å². The van der Waals surface area contributed by atoms with Crippen LogP contribution in [0.2, 0.25) is 0 Å². The minimum atomic E-state index is -0.816. The number of carbonyl (C=O) groups is 3. The maximum absolute atomic E-state index is 13.6. The molecule has 9 nitrogen and oxygen atoms in total. The molecule has 1 heterocycles. The number of aromatic hydroxyl groups is 1. The number of benzene rings is 2. The largest absolute Gasteiger partial charge is 0.508 e. The van der Waals surface area contributed by atoms with Gasteiger partial charge in [0.15, 0.2) is 0 Å². The number of para-hydroxylation sites is 1. The predicted octanol–water partition coefficient (Wildman–Crippen LogP) is 2.85. The Kier molecular flexibility index (Phi) is 11.8. The highest BCUT2D eigenvalue weighted by Gasteiger charge is 2.31. The Labute approximate surface area is 237 Å². The molecule has 4 atom stereocenters. The minimum Gasteiger partial charge on any atom is -0.508 e. The normalized spacial score (nSPS) is 23.6. The number of hydrogen-bond donors (Lipinski definition) is 5. The Morgan fingerprint density at radius 3 is 2.38 bits per heavy atom. The molecule has 2 aromatic rings. The highest BCUT2D eigenvalue weighted by Crippen LogP contribution is 2.21. The lowest BCUT2D eigenvalue weighted by atomic mass is 10.00. The van der Waals surface area contributed by atoms with Gasteiger partial charge < -0.3 is 31.1 Å². The monoisotopic (exact) mass is 552 g/mol. The van der Waals surface area contributed by atoms with Gasteiger partial charge in [-0.2, -0.15) is 0 Å². The van der Waals surface area contributed by atoms with E-state index < -0.39 is 18.1 Å². The number of carbonyl (C=O) groups excluding carboxylic acids is 3. The summed E-state index contributed by atoms with van der Waals surface area (Å²) >= 11 is 0. The number of fused-ring (bicyclic) bond motifs is 1. The molecule has 5 N–H and O–H groups in total. The first-order chi connectivity index (χ1) is 19.2. The maximum atomic E-state index is 13.6. The van der Waals surface area contributed by atoms with Gasteiger partial charge in [0.05, 0.1) is 6.04 Å². The van der Waals surface area contributed by atoms with Crippen LogP contribution in [0, 0.1) is 5.92 Å². The number of amides is 3. The Balaban J connectivity index is 1.89. The van der Waals surface area contributed by atoms with Crippen molar-refractivity contribution < 1.29 is 24.2 Å². The van der Waals surface area contributed by atoms with Gasteiger partial charge in [0.25, 0.3) is 0 Å². The Bertz CT molecular complexity index is 1120. The lowest BCUT2D eigenvalue weighted by molar-refractivity contribution is -0.133. The molecule has 0 spiro atoms. The molecule has 2 aromatic carbocycles. The topological polar surface area (TPSA) is 129 Å². The summed E-state index contributed by atoms with van der Waals surface area (Å²) in [6, 6.07) is 12.4. The van der Waals surface area contributed by atoms with Crippen molar-refractivity contribution in [2.24, 2.45) is 5.92 Å². The second kappa shape index (κ2) is 15.3. The first kappa shape index (κ1) is 30.9. The van der Waals surface area contributed by atoms with E-state index in [1.807, 2.05) is 52.0 Å². The van der Waals surface area contributed by atoms with Gasteiger partial charge >= 0.3 is 0 Å². The number of hydrogen-bond acceptors (Lipinski definition) is 6. The Morgan fingerprint density at radius 1 is 0.950 bits per heavy atom. The van der Waals surface area contributed by atoms with Gasteiger partial charge in [0.1, 0.15) is 29.7 Å². The Hall–Kier alpha value is -3.59. The van der Waals surface area contributed by atoms with Crippen molar-refractivity contribution in [3.8, 4) is 11.5 Å². The van der Waals surface area contributed by atoms with Gasteiger partial charge in [-0.05, 0) is 67.9 Å². The molecule has 0 radical (unpaired) electrons. The van der Waals surface area contributed by atoms with Crippen LogP contribution in [0.15, 0.2) is 48.5 Å². The van der Waals surface area contributed by atoms with Gasteiger partial charge in [0, 0.05) is 13.1 Å². The fourth-order valence-corrected chi connectivity index (χ4v) is 4.74. The van der Waals surface area contributed by atoms with Crippen LogP contribution in [-0.2, 0) is 27.2 Å². The number of phenolic OH excluding ortho intramolecular Hbond substituents is 1. The second-order valence-electron chi connectivity index (χ2n) is 10.8. The fraction of sp³-hybridized carbons (Fsp3) is 0.516. The van der Waals surface area contributed by atoms with Crippen LogP contribution in [-0.4, -0.2) is 60.1 Å². The summed E-state index contributed by atoms with van der Waals surface area (Å²) in [4.78, 5) is 39.9. The van der Waals surface area contributed by atoms with Crippen molar-refractivity contribution >= 4 is 17.7 Å². The first-order valence-electron chi connectivity index (χ1n) is 14.3. The molecule has 3 rings (SSSR count). The SMILES string of the molecule is CCC[C@@H]1NC(=O)[C@@H](C(C)C)NC(=O)[C@@H](Cc2ccc(O)cc2)NC[C@H](C)Oc2ccccc2CCCNC1=O.